The van der Waals surface area contributed by atoms with Gasteiger partial charge in [0.15, 0.2) is 0 Å². The van der Waals surface area contributed by atoms with Crippen molar-refractivity contribution in [1.82, 2.24) is 29.6 Å². The number of anilines is 1. The number of aliphatic imine (C=N–C) groups is 1. The molecule has 0 saturated heterocycles. The first-order valence-corrected chi connectivity index (χ1v) is 9.77. The van der Waals surface area contributed by atoms with Crippen LogP contribution in [0.3, 0.4) is 0 Å². The van der Waals surface area contributed by atoms with Gasteiger partial charge in [0.1, 0.15) is 17.2 Å². The number of fused-ring (bicyclic) bond motifs is 1. The Morgan fingerprint density at radius 3 is 2.38 bits per heavy atom. The normalized spacial score (nSPS) is 14.4. The summed E-state index contributed by atoms with van der Waals surface area (Å²) in [6.07, 6.45) is 0. The molecule has 0 atom stereocenters. The lowest BCUT2D eigenvalue weighted by Gasteiger charge is -2.20. The van der Waals surface area contributed by atoms with Crippen LogP contribution in [0.1, 0.15) is 38.0 Å². The minimum absolute atomic E-state index is 0.611. The summed E-state index contributed by atoms with van der Waals surface area (Å²) in [6.45, 7) is 12.0. The Kier molecular flexibility index (Phi) is 4.73. The molecule has 150 valence electrons. The molecule has 1 aliphatic rings. The molecule has 0 spiro atoms. The number of rotatable bonds is 5. The molecule has 4 rings (SSSR count). The van der Waals surface area contributed by atoms with Crippen molar-refractivity contribution >= 4 is 22.9 Å². The average molecular weight is 391 g/mol. The van der Waals surface area contributed by atoms with Crippen molar-refractivity contribution in [2.24, 2.45) is 17.1 Å². The molecule has 0 radical (unpaired) electrons. The lowest BCUT2D eigenvalue weighted by molar-refractivity contribution is 0.738. The Bertz CT molecular complexity index is 1110. The molecule has 9 heteroatoms. The van der Waals surface area contributed by atoms with E-state index in [2.05, 4.69) is 39.1 Å². The summed E-state index contributed by atoms with van der Waals surface area (Å²) < 4.78 is 3.52. The Hall–Kier alpha value is -3.36. The first kappa shape index (κ1) is 19.0. The van der Waals surface area contributed by atoms with Crippen molar-refractivity contribution in [3.05, 3.63) is 35.4 Å². The first-order valence-electron chi connectivity index (χ1n) is 9.77. The van der Waals surface area contributed by atoms with E-state index >= 15 is 0 Å². The number of pyridine rings is 1. The van der Waals surface area contributed by atoms with Crippen molar-refractivity contribution in [2.45, 2.75) is 34.6 Å². The second-order valence-corrected chi connectivity index (χ2v) is 7.05. The Morgan fingerprint density at radius 1 is 1.03 bits per heavy atom. The second kappa shape index (κ2) is 7.23. The molecule has 0 amide bonds. The van der Waals surface area contributed by atoms with Gasteiger partial charge in [0.25, 0.3) is 0 Å². The summed E-state index contributed by atoms with van der Waals surface area (Å²) >= 11 is 0. The largest absolute Gasteiger partial charge is 0.357 e. The fraction of sp³-hybridized carbons (Fsp3) is 0.400. The highest BCUT2D eigenvalue weighted by Crippen LogP contribution is 2.26. The standard InChI is InChI=1S/C20H25N9/c1-7-28(8-2)17-10-9-15(13(4)21-17)22-18-14(5)25-29-19(23-24-20(18)29)16-11-12(3)27(6)26-16/h9-11H,7-8H2,1-6H3. The van der Waals surface area contributed by atoms with Crippen LogP contribution in [0.15, 0.2) is 28.3 Å². The molecule has 9 nitrogen and oxygen atoms in total. The highest BCUT2D eigenvalue weighted by molar-refractivity contribution is 6.48. The molecule has 0 fully saturated rings. The van der Waals surface area contributed by atoms with Crippen molar-refractivity contribution in [3.8, 4) is 11.5 Å². The minimum atomic E-state index is 0.611. The van der Waals surface area contributed by atoms with Gasteiger partial charge in [0.2, 0.25) is 11.6 Å². The quantitative estimate of drug-likeness (QED) is 0.667. The molecule has 3 aromatic heterocycles. The highest BCUT2D eigenvalue weighted by Gasteiger charge is 2.27. The minimum Gasteiger partial charge on any atom is -0.357 e. The van der Waals surface area contributed by atoms with E-state index in [1.54, 1.807) is 4.68 Å². The summed E-state index contributed by atoms with van der Waals surface area (Å²) in [5, 5.41) is 17.7. The van der Waals surface area contributed by atoms with Crippen LogP contribution in [0, 0.1) is 13.8 Å². The Morgan fingerprint density at radius 2 is 1.76 bits per heavy atom. The molecule has 29 heavy (non-hydrogen) atoms. The summed E-state index contributed by atoms with van der Waals surface area (Å²) in [7, 11) is 1.90. The summed E-state index contributed by atoms with van der Waals surface area (Å²) in [5.74, 6) is 2.19. The molecule has 0 unspecified atom stereocenters. The van der Waals surface area contributed by atoms with Gasteiger partial charge in [-0.1, -0.05) is 0 Å². The Labute approximate surface area is 169 Å². The van der Waals surface area contributed by atoms with E-state index in [0.29, 0.717) is 17.4 Å². The molecule has 0 N–H and O–H groups in total. The predicted octanol–water partition coefficient (Wildman–Crippen LogP) is 2.90. The molecule has 3 aromatic rings. The smallest absolute Gasteiger partial charge is 0.205 e. The third-order valence-electron chi connectivity index (χ3n) is 5.15. The summed E-state index contributed by atoms with van der Waals surface area (Å²) in [4.78, 5) is 11.8. The molecule has 0 bridgehead atoms. The average Bonchev–Trinajstić information content (AvgIpc) is 3.33. The second-order valence-electron chi connectivity index (χ2n) is 7.05. The van der Waals surface area contributed by atoms with Gasteiger partial charge in [-0.15, -0.1) is 10.2 Å². The number of aryl methyl sites for hydroxylation is 3. The van der Waals surface area contributed by atoms with Crippen LogP contribution >= 0.6 is 0 Å². The van der Waals surface area contributed by atoms with E-state index in [9.17, 15) is 0 Å². The van der Waals surface area contributed by atoms with Gasteiger partial charge in [-0.2, -0.15) is 14.9 Å². The lowest BCUT2D eigenvalue weighted by atomic mass is 10.2. The van der Waals surface area contributed by atoms with E-state index in [1.165, 1.54) is 0 Å². The highest BCUT2D eigenvalue weighted by atomic mass is 15.5. The van der Waals surface area contributed by atoms with Crippen molar-refractivity contribution in [2.75, 3.05) is 18.0 Å². The van der Waals surface area contributed by atoms with Gasteiger partial charge >= 0.3 is 0 Å². The van der Waals surface area contributed by atoms with E-state index in [1.807, 2.05) is 50.7 Å². The number of aromatic nitrogens is 6. The van der Waals surface area contributed by atoms with Crippen LogP contribution < -0.4 is 4.90 Å². The zero-order valence-corrected chi connectivity index (χ0v) is 17.7. The molecular formula is C20H25N9. The summed E-state index contributed by atoms with van der Waals surface area (Å²) in [6, 6.07) is 5.98. The molecular weight excluding hydrogens is 366 g/mol. The third kappa shape index (κ3) is 3.22. The Balaban J connectivity index is 1.72. The summed E-state index contributed by atoms with van der Waals surface area (Å²) in [5.41, 5.74) is 4.95. The number of hydrogen-bond acceptors (Lipinski definition) is 7. The van der Waals surface area contributed by atoms with Crippen molar-refractivity contribution in [3.63, 3.8) is 0 Å². The van der Waals surface area contributed by atoms with Gasteiger partial charge in [-0.25, -0.2) is 9.98 Å². The van der Waals surface area contributed by atoms with Gasteiger partial charge in [-0.3, -0.25) is 4.68 Å². The van der Waals surface area contributed by atoms with Crippen molar-refractivity contribution in [1.29, 1.82) is 0 Å². The maximum absolute atomic E-state index is 4.82. The third-order valence-corrected chi connectivity index (χ3v) is 5.15. The fourth-order valence-corrected chi connectivity index (χ4v) is 3.34. The molecule has 0 saturated carbocycles. The monoisotopic (exact) mass is 391 g/mol. The topological polar surface area (TPSA) is 89.4 Å². The van der Waals surface area contributed by atoms with Crippen LogP contribution in [0.25, 0.3) is 11.5 Å². The van der Waals surface area contributed by atoms with E-state index in [4.69, 9.17) is 9.98 Å². The van der Waals surface area contributed by atoms with E-state index in [0.717, 1.165) is 47.4 Å². The fourth-order valence-electron chi connectivity index (χ4n) is 3.34. The van der Waals surface area contributed by atoms with Crippen molar-refractivity contribution < 1.29 is 0 Å². The predicted molar refractivity (Wildman–Crippen MR) is 114 cm³/mol. The van der Waals surface area contributed by atoms with Gasteiger partial charge < -0.3 is 4.90 Å². The van der Waals surface area contributed by atoms with Crippen LogP contribution in [0.2, 0.25) is 0 Å². The van der Waals surface area contributed by atoms with Crippen LogP contribution in [-0.4, -0.2) is 54.2 Å². The molecule has 4 heterocycles. The number of nitrogens with zero attached hydrogens (tertiary/aromatic N) is 9. The van der Waals surface area contributed by atoms with E-state index in [-0.39, 0.29) is 0 Å². The molecule has 0 aliphatic carbocycles. The zero-order chi connectivity index (χ0) is 20.7. The van der Waals surface area contributed by atoms with E-state index < -0.39 is 0 Å². The SMILES string of the molecule is CCN(CC)c1ccc(N=C2C(C)=Nn3c2nnc3-c2cc(C)n(C)n2)c(C)n1. The van der Waals surface area contributed by atoms with Gasteiger partial charge in [-0.05, 0) is 52.8 Å². The van der Waals surface area contributed by atoms with Crippen LogP contribution in [-0.2, 0) is 7.05 Å². The zero-order valence-electron chi connectivity index (χ0n) is 17.7. The molecule has 0 aromatic carbocycles. The van der Waals surface area contributed by atoms with Gasteiger partial charge in [0, 0.05) is 25.8 Å². The first-order chi connectivity index (χ1) is 13.9. The van der Waals surface area contributed by atoms with Gasteiger partial charge in [0.05, 0.1) is 17.1 Å². The lowest BCUT2D eigenvalue weighted by Crippen LogP contribution is -2.23. The molecule has 1 aliphatic heterocycles. The van der Waals surface area contributed by atoms with Crippen LogP contribution in [0.5, 0.6) is 0 Å². The maximum Gasteiger partial charge on any atom is 0.205 e. The number of hydrogen-bond donors (Lipinski definition) is 0. The van der Waals surface area contributed by atoms with Crippen LogP contribution in [0.4, 0.5) is 11.5 Å². The maximum atomic E-state index is 4.82.